The normalized spacial score (nSPS) is 0. The van der Waals surface area contributed by atoms with E-state index in [9.17, 15) is 0 Å². The van der Waals surface area contributed by atoms with Gasteiger partial charge in [0.25, 0.3) is 0 Å². The molecule has 0 amide bonds. The molecule has 6 N–H and O–H groups in total. The molecule has 0 bridgehead atoms. The molecule has 6 heavy (non-hydrogen) atoms. The van der Waals surface area contributed by atoms with Crippen LogP contribution in [-0.2, 0) is 0 Å². The number of hydrogen-bond donors (Lipinski definition) is 0. The van der Waals surface area contributed by atoms with Crippen molar-refractivity contribution in [1.82, 2.24) is 0 Å². The average molecular weight is 474 g/mol. The van der Waals surface area contributed by atoms with Crippen molar-refractivity contribution in [1.29, 1.82) is 0 Å². The molecule has 0 fully saturated rings. The predicted molar refractivity (Wildman–Crippen MR) is 19.4 cm³/mol. The van der Waals surface area contributed by atoms with Crippen LogP contribution in [0.5, 0.6) is 0 Å². The second kappa shape index (κ2) is 35.0. The van der Waals surface area contributed by atoms with Crippen molar-refractivity contribution in [2.75, 3.05) is 0 Å². The Hall–Kier alpha value is 4.20. The van der Waals surface area contributed by atoms with Crippen LogP contribution >= 0.6 is 0 Å². The van der Waals surface area contributed by atoms with Crippen LogP contribution in [0, 0.1) is 83.5 Å². The van der Waals surface area contributed by atoms with Crippen LogP contribution in [0.2, 0.25) is 0 Å². The van der Waals surface area contributed by atoms with E-state index in [0.717, 1.165) is 0 Å². The fraction of sp³-hybridized carbons (Fsp3) is 0. The van der Waals surface area contributed by atoms with Gasteiger partial charge in [-0.1, -0.05) is 0 Å². The van der Waals surface area contributed by atoms with Crippen molar-refractivity contribution >= 4 is 48.9 Å². The Morgan fingerprint density at radius 2 is 0.500 bits per heavy atom. The molecule has 3 nitrogen and oxygen atoms in total. The Kier molecular flexibility index (Phi) is 286. The monoisotopic (exact) mass is 474 g/mol. The van der Waals surface area contributed by atoms with E-state index in [1.54, 1.807) is 0 Å². The molecular weight excluding hydrogens is 466 g/mol. The van der Waals surface area contributed by atoms with Crippen LogP contribution < -0.4 is 0 Å². The summed E-state index contributed by atoms with van der Waals surface area (Å²) in [6.07, 6.45) is 0. The third-order valence-electron chi connectivity index (χ3n) is 0. The summed E-state index contributed by atoms with van der Waals surface area (Å²) in [4.78, 5) is 0. The molecule has 0 aromatic heterocycles. The van der Waals surface area contributed by atoms with Gasteiger partial charge in [0.05, 0.1) is 0 Å². The predicted octanol–water partition coefficient (Wildman–Crippen LogP) is -3.39. The van der Waals surface area contributed by atoms with E-state index < -0.39 is 0 Å². The summed E-state index contributed by atoms with van der Waals surface area (Å²) in [6, 6.07) is 0. The van der Waals surface area contributed by atoms with E-state index in [-0.39, 0.29) is 149 Å². The molecule has 36 valence electrons. The SMILES string of the molecule is O.O.O.[BaH2].[Ce].[Ce]. The van der Waals surface area contributed by atoms with Gasteiger partial charge in [-0.25, -0.2) is 0 Å². The molecule has 0 heterocycles. The molecule has 0 unspecified atom stereocenters. The summed E-state index contributed by atoms with van der Waals surface area (Å²) in [6.45, 7) is 0. The Morgan fingerprint density at radius 1 is 0.500 bits per heavy atom. The summed E-state index contributed by atoms with van der Waals surface area (Å²) in [5.41, 5.74) is 0. The van der Waals surface area contributed by atoms with E-state index in [1.807, 2.05) is 0 Å². The fourth-order valence-electron chi connectivity index (χ4n) is 0. The van der Waals surface area contributed by atoms with E-state index in [2.05, 4.69) is 0 Å². The van der Waals surface area contributed by atoms with Gasteiger partial charge >= 0.3 is 48.9 Å². The molecule has 0 saturated carbocycles. The van der Waals surface area contributed by atoms with E-state index in [4.69, 9.17) is 0 Å². The molecule has 0 spiro atoms. The summed E-state index contributed by atoms with van der Waals surface area (Å²) >= 11 is 0. The van der Waals surface area contributed by atoms with Crippen LogP contribution in [0.1, 0.15) is 0 Å². The second-order valence-corrected chi connectivity index (χ2v) is 0. The Morgan fingerprint density at radius 3 is 0.500 bits per heavy atom. The summed E-state index contributed by atoms with van der Waals surface area (Å²) in [7, 11) is 0. The molecule has 0 aromatic rings. The standard InChI is InChI=1S/Ba.2Ce.3H2O.2H/h;;;3*1H2;;. The van der Waals surface area contributed by atoms with E-state index in [1.165, 1.54) is 0 Å². The van der Waals surface area contributed by atoms with Gasteiger partial charge in [0, 0.05) is 83.5 Å². The quantitative estimate of drug-likeness (QED) is 0.328. The van der Waals surface area contributed by atoms with Crippen LogP contribution in [0.4, 0.5) is 0 Å². The van der Waals surface area contributed by atoms with Gasteiger partial charge in [0.15, 0.2) is 0 Å². The van der Waals surface area contributed by atoms with Crippen LogP contribution in [-0.4, -0.2) is 65.3 Å². The second-order valence-electron chi connectivity index (χ2n) is 0. The van der Waals surface area contributed by atoms with Crippen LogP contribution in [0.15, 0.2) is 0 Å². The molecule has 0 rings (SSSR count). The van der Waals surface area contributed by atoms with Gasteiger partial charge in [0.2, 0.25) is 0 Å². The minimum atomic E-state index is 0. The van der Waals surface area contributed by atoms with Crippen molar-refractivity contribution in [3.8, 4) is 0 Å². The van der Waals surface area contributed by atoms with Crippen molar-refractivity contribution in [3.63, 3.8) is 0 Å². The van der Waals surface area contributed by atoms with Crippen molar-refractivity contribution in [2.24, 2.45) is 0 Å². The van der Waals surface area contributed by atoms with Crippen molar-refractivity contribution < 1.29 is 99.9 Å². The Bertz CT molecular complexity index is 8.75. The molecule has 0 atom stereocenters. The summed E-state index contributed by atoms with van der Waals surface area (Å²) < 4.78 is 0. The first kappa shape index (κ1) is 48.9. The van der Waals surface area contributed by atoms with Crippen molar-refractivity contribution in [2.45, 2.75) is 0 Å². The topological polar surface area (TPSA) is 94.5 Å². The average Bonchev–Trinajstić information content (AvgIpc) is 0. The molecule has 0 aromatic carbocycles. The molecular formula is H8BaCe2O3. The molecule has 0 radical (unpaired) electrons. The van der Waals surface area contributed by atoms with Gasteiger partial charge < -0.3 is 16.4 Å². The van der Waals surface area contributed by atoms with Gasteiger partial charge in [0.1, 0.15) is 0 Å². The van der Waals surface area contributed by atoms with Crippen molar-refractivity contribution in [3.05, 3.63) is 0 Å². The molecule has 6 heteroatoms. The maximum Gasteiger partial charge on any atom is 0 e. The minimum Gasteiger partial charge on any atom is 0 e. The molecule has 0 aliphatic heterocycles. The first-order chi connectivity index (χ1) is 0. The zero-order chi connectivity index (χ0) is 0. The summed E-state index contributed by atoms with van der Waals surface area (Å²) in [5, 5.41) is 0. The molecule has 0 saturated heterocycles. The molecule has 0 aliphatic rings. The largest absolute Gasteiger partial charge is 0 e. The van der Waals surface area contributed by atoms with E-state index in [0.29, 0.717) is 0 Å². The smallest absolute Gasteiger partial charge is 0 e. The van der Waals surface area contributed by atoms with Gasteiger partial charge in [-0.15, -0.1) is 0 Å². The Labute approximate surface area is 144 Å². The summed E-state index contributed by atoms with van der Waals surface area (Å²) in [5.74, 6) is 0. The first-order valence-corrected chi connectivity index (χ1v) is 0. The first-order valence-electron chi connectivity index (χ1n) is 0. The minimum absolute atomic E-state index is 0. The molecule has 0 aliphatic carbocycles. The third kappa shape index (κ3) is 24.1. The fourth-order valence-corrected chi connectivity index (χ4v) is 0. The Balaban J connectivity index is 0. The maximum atomic E-state index is 0. The van der Waals surface area contributed by atoms with Crippen LogP contribution in [0.25, 0.3) is 0 Å². The number of hydrogen-bond acceptors (Lipinski definition) is 0. The van der Waals surface area contributed by atoms with Gasteiger partial charge in [-0.05, 0) is 0 Å². The maximum absolute atomic E-state index is 0. The number of rotatable bonds is 0. The third-order valence-corrected chi connectivity index (χ3v) is 0. The van der Waals surface area contributed by atoms with Gasteiger partial charge in [-0.2, -0.15) is 0 Å². The zero-order valence-corrected chi connectivity index (χ0v) is 8.78. The zero-order valence-electron chi connectivity index (χ0n) is 2.50. The van der Waals surface area contributed by atoms with E-state index >= 15 is 0 Å². The van der Waals surface area contributed by atoms with Crippen LogP contribution in [0.3, 0.4) is 0 Å². The van der Waals surface area contributed by atoms with Gasteiger partial charge in [-0.3, -0.25) is 0 Å².